The lowest BCUT2D eigenvalue weighted by molar-refractivity contribution is -0.00171. The molecule has 6 nitrogen and oxygen atoms in total. The van der Waals surface area contributed by atoms with Gasteiger partial charge in [0.15, 0.2) is 17.2 Å². The number of carbonyl (C=O) groups excluding carboxylic acids is 1. The molecule has 1 N–H and O–H groups in total. The fraction of sp³-hybridized carbons (Fsp3) is 0.444. The molecule has 0 saturated carbocycles. The van der Waals surface area contributed by atoms with Gasteiger partial charge in [0.1, 0.15) is 23.8 Å². The molecule has 9 heteroatoms. The number of thiazole rings is 1. The van der Waals surface area contributed by atoms with E-state index < -0.39 is 18.2 Å². The lowest BCUT2D eigenvalue weighted by Crippen LogP contribution is -2.34. The molecule has 0 aliphatic carbocycles. The molecule has 0 amide bonds. The van der Waals surface area contributed by atoms with E-state index in [1.807, 2.05) is 38.1 Å². The summed E-state index contributed by atoms with van der Waals surface area (Å²) in [6.07, 6.45) is -1.59. The zero-order valence-corrected chi connectivity index (χ0v) is 17.7. The van der Waals surface area contributed by atoms with E-state index >= 15 is 0 Å². The van der Waals surface area contributed by atoms with Crippen molar-refractivity contribution in [1.29, 1.82) is 0 Å². The van der Waals surface area contributed by atoms with E-state index in [0.29, 0.717) is 16.5 Å². The Bertz CT molecular complexity index is 737. The Morgan fingerprint density at radius 1 is 1.22 bits per heavy atom. The Morgan fingerprint density at radius 2 is 1.93 bits per heavy atom. The first-order valence-electron chi connectivity index (χ1n) is 8.38. The van der Waals surface area contributed by atoms with E-state index in [1.54, 1.807) is 5.38 Å². The second-order valence-corrected chi connectivity index (χ2v) is 7.58. The van der Waals surface area contributed by atoms with E-state index in [1.165, 1.54) is 11.3 Å². The molecule has 1 heterocycles. The van der Waals surface area contributed by atoms with Crippen LogP contribution in [-0.2, 0) is 11.3 Å². The summed E-state index contributed by atoms with van der Waals surface area (Å²) in [5.74, 6) is 1.02. The zero-order valence-electron chi connectivity index (χ0n) is 15.1. The second-order valence-electron chi connectivity index (χ2n) is 5.90. The lowest BCUT2D eigenvalue weighted by Gasteiger charge is -2.19. The molecule has 0 aliphatic rings. The fourth-order valence-corrected chi connectivity index (χ4v) is 3.31. The van der Waals surface area contributed by atoms with Crippen LogP contribution in [0.25, 0.3) is 0 Å². The second kappa shape index (κ2) is 10.8. The van der Waals surface area contributed by atoms with E-state index in [-0.39, 0.29) is 29.9 Å². The fourth-order valence-electron chi connectivity index (χ4n) is 2.08. The van der Waals surface area contributed by atoms with E-state index in [4.69, 9.17) is 14.2 Å². The Morgan fingerprint density at radius 3 is 2.56 bits per heavy atom. The molecule has 2 unspecified atom stereocenters. The van der Waals surface area contributed by atoms with Crippen molar-refractivity contribution in [3.63, 3.8) is 0 Å². The summed E-state index contributed by atoms with van der Waals surface area (Å²) in [5.41, 5.74) is 0.170. The van der Waals surface area contributed by atoms with E-state index in [0.717, 1.165) is 0 Å². The van der Waals surface area contributed by atoms with Gasteiger partial charge in [-0.2, -0.15) is 25.3 Å². The number of ether oxygens (including phenoxy) is 3. The molecule has 0 aliphatic heterocycles. The molecular weight excluding hydrogens is 406 g/mol. The predicted octanol–water partition coefficient (Wildman–Crippen LogP) is 3.26. The number of hydrogen-bond donors (Lipinski definition) is 3. The van der Waals surface area contributed by atoms with Crippen LogP contribution < -0.4 is 9.47 Å². The number of carbonyl (C=O) groups is 1. The molecule has 0 fully saturated rings. The number of thiol groups is 2. The normalized spacial score (nSPS) is 13.3. The van der Waals surface area contributed by atoms with Crippen molar-refractivity contribution in [3.8, 4) is 11.5 Å². The molecular formula is C18H23NO5S3. The van der Waals surface area contributed by atoms with Crippen molar-refractivity contribution in [3.05, 3.63) is 40.3 Å². The summed E-state index contributed by atoms with van der Waals surface area (Å²) in [6, 6.07) is 7.39. The number of aromatic nitrogens is 1. The van der Waals surface area contributed by atoms with E-state index in [2.05, 4.69) is 30.2 Å². The number of rotatable bonds is 10. The topological polar surface area (TPSA) is 77.9 Å². The van der Waals surface area contributed by atoms with Crippen molar-refractivity contribution < 1.29 is 24.1 Å². The minimum atomic E-state index is -0.881. The van der Waals surface area contributed by atoms with Crippen LogP contribution in [-0.4, -0.2) is 45.9 Å². The van der Waals surface area contributed by atoms with Crippen LogP contribution in [0.2, 0.25) is 0 Å². The number of benzene rings is 1. The third kappa shape index (κ3) is 6.60. The van der Waals surface area contributed by atoms with Gasteiger partial charge >= 0.3 is 5.97 Å². The van der Waals surface area contributed by atoms with Gasteiger partial charge in [-0.25, -0.2) is 9.78 Å². The zero-order chi connectivity index (χ0) is 19.8. The molecule has 2 aromatic rings. The Balaban J connectivity index is 1.97. The summed E-state index contributed by atoms with van der Waals surface area (Å²) in [4.78, 5) is 16.4. The highest BCUT2D eigenvalue weighted by Gasteiger charge is 2.23. The van der Waals surface area contributed by atoms with Crippen LogP contribution in [0.1, 0.15) is 29.3 Å². The maximum atomic E-state index is 12.2. The quantitative estimate of drug-likeness (QED) is 0.398. The van der Waals surface area contributed by atoms with Crippen LogP contribution in [0.4, 0.5) is 0 Å². The summed E-state index contributed by atoms with van der Waals surface area (Å²) in [5, 5.41) is 12.0. The Kier molecular flexibility index (Phi) is 8.75. The number of aliphatic hydroxyl groups is 1. The van der Waals surface area contributed by atoms with Crippen LogP contribution in [0, 0.1) is 0 Å². The van der Waals surface area contributed by atoms with Crippen LogP contribution in [0.5, 0.6) is 11.5 Å². The highest BCUT2D eigenvalue weighted by molar-refractivity contribution is 7.80. The SMILES string of the molecule is CC(C)Oc1ccccc1OCc1nc(C(=O)OC(CS)C(O)CS)cs1. The molecule has 0 radical (unpaired) electrons. The molecule has 0 bridgehead atoms. The van der Waals surface area contributed by atoms with Crippen molar-refractivity contribution in [2.24, 2.45) is 0 Å². The predicted molar refractivity (Wildman–Crippen MR) is 112 cm³/mol. The third-order valence-electron chi connectivity index (χ3n) is 3.38. The Hall–Kier alpha value is -1.42. The summed E-state index contributed by atoms with van der Waals surface area (Å²) in [6.45, 7) is 4.09. The standard InChI is InChI=1S/C18H23NO5S3/c1-11(2)23-15-6-4-3-5-14(15)22-7-17-19-12(10-27-17)18(21)24-16(9-26)13(20)8-25/h3-6,10-11,13,16,20,25-26H,7-9H2,1-2H3. The summed E-state index contributed by atoms with van der Waals surface area (Å²) >= 11 is 9.38. The minimum absolute atomic E-state index is 0.0309. The maximum absolute atomic E-state index is 12.2. The first kappa shape index (κ1) is 21.9. The number of esters is 1. The van der Waals surface area contributed by atoms with Gasteiger partial charge < -0.3 is 19.3 Å². The number of para-hydroxylation sites is 2. The van der Waals surface area contributed by atoms with E-state index in [9.17, 15) is 9.90 Å². The average Bonchev–Trinajstić information content (AvgIpc) is 3.13. The largest absolute Gasteiger partial charge is 0.487 e. The van der Waals surface area contributed by atoms with Gasteiger partial charge in [-0.3, -0.25) is 0 Å². The van der Waals surface area contributed by atoms with Crippen molar-refractivity contribution in [2.45, 2.75) is 38.8 Å². The summed E-state index contributed by atoms with van der Waals surface area (Å²) < 4.78 is 16.7. The molecule has 1 aromatic heterocycles. The van der Waals surface area contributed by atoms with Gasteiger partial charge in [0.2, 0.25) is 0 Å². The van der Waals surface area contributed by atoms with Crippen molar-refractivity contribution in [2.75, 3.05) is 11.5 Å². The van der Waals surface area contributed by atoms with Gasteiger partial charge in [0.25, 0.3) is 0 Å². The molecule has 2 rings (SSSR count). The molecule has 148 valence electrons. The molecule has 0 spiro atoms. The summed E-state index contributed by atoms with van der Waals surface area (Å²) in [7, 11) is 0. The highest BCUT2D eigenvalue weighted by Crippen LogP contribution is 2.28. The maximum Gasteiger partial charge on any atom is 0.358 e. The monoisotopic (exact) mass is 429 g/mol. The number of aliphatic hydroxyl groups excluding tert-OH is 1. The highest BCUT2D eigenvalue weighted by atomic mass is 32.1. The number of hydrogen-bond acceptors (Lipinski definition) is 9. The van der Waals surface area contributed by atoms with Crippen LogP contribution in [0.15, 0.2) is 29.6 Å². The van der Waals surface area contributed by atoms with Crippen molar-refractivity contribution in [1.82, 2.24) is 4.98 Å². The first-order valence-corrected chi connectivity index (χ1v) is 10.5. The first-order chi connectivity index (χ1) is 12.9. The molecule has 1 aromatic carbocycles. The van der Waals surface area contributed by atoms with Gasteiger partial charge in [0.05, 0.1) is 6.10 Å². The van der Waals surface area contributed by atoms with Gasteiger partial charge in [-0.05, 0) is 26.0 Å². The number of nitrogens with zero attached hydrogens (tertiary/aromatic N) is 1. The molecule has 2 atom stereocenters. The van der Waals surface area contributed by atoms with Gasteiger partial charge in [0, 0.05) is 16.9 Å². The average molecular weight is 430 g/mol. The smallest absolute Gasteiger partial charge is 0.358 e. The minimum Gasteiger partial charge on any atom is -0.487 e. The van der Waals surface area contributed by atoms with Crippen LogP contribution >= 0.6 is 36.6 Å². The molecule has 27 heavy (non-hydrogen) atoms. The third-order valence-corrected chi connectivity index (χ3v) is 4.93. The van der Waals surface area contributed by atoms with Gasteiger partial charge in [-0.1, -0.05) is 12.1 Å². The molecule has 0 saturated heterocycles. The Labute approximate surface area is 173 Å². The lowest BCUT2D eigenvalue weighted by atomic mass is 10.2. The van der Waals surface area contributed by atoms with Gasteiger partial charge in [-0.15, -0.1) is 11.3 Å². The van der Waals surface area contributed by atoms with Crippen LogP contribution in [0.3, 0.4) is 0 Å². The van der Waals surface area contributed by atoms with Crippen molar-refractivity contribution >= 4 is 42.6 Å².